The highest BCUT2D eigenvalue weighted by molar-refractivity contribution is 9.10. The number of phenolic OH excluding ortho intramolecular Hbond substituents is 1. The van der Waals surface area contributed by atoms with Gasteiger partial charge in [-0.15, -0.1) is 0 Å². The third kappa shape index (κ3) is 2.26. The third-order valence-electron chi connectivity index (χ3n) is 2.41. The summed E-state index contributed by atoms with van der Waals surface area (Å²) in [5.74, 6) is 0.399. The summed E-state index contributed by atoms with van der Waals surface area (Å²) >= 11 is 3.41. The van der Waals surface area contributed by atoms with E-state index in [4.69, 9.17) is 9.84 Å². The van der Waals surface area contributed by atoms with Crippen LogP contribution in [0.1, 0.15) is 24.0 Å². The van der Waals surface area contributed by atoms with E-state index in [2.05, 4.69) is 15.9 Å². The largest absolute Gasteiger partial charge is 0.504 e. The average molecular weight is 275 g/mol. The Bertz CT molecular complexity index is 363. The molecule has 0 spiro atoms. The molecule has 0 aliphatic rings. The molecule has 0 aromatic heterocycles. The minimum Gasteiger partial charge on any atom is -0.504 e. The second kappa shape index (κ2) is 4.86. The maximum Gasteiger partial charge on any atom is 0.162 e. The van der Waals surface area contributed by atoms with Crippen molar-refractivity contribution < 1.29 is 14.9 Å². The average Bonchev–Trinajstić information content (AvgIpc) is 2.23. The van der Waals surface area contributed by atoms with Crippen LogP contribution >= 0.6 is 15.9 Å². The van der Waals surface area contributed by atoms with E-state index in [1.165, 1.54) is 7.11 Å². The molecule has 15 heavy (non-hydrogen) atoms. The monoisotopic (exact) mass is 274 g/mol. The van der Waals surface area contributed by atoms with Crippen molar-refractivity contribution in [1.29, 1.82) is 0 Å². The third-order valence-corrected chi connectivity index (χ3v) is 3.46. The van der Waals surface area contributed by atoms with Crippen LogP contribution in [0.3, 0.4) is 0 Å². The first-order valence-electron chi connectivity index (χ1n) is 4.69. The Morgan fingerprint density at radius 1 is 1.53 bits per heavy atom. The lowest BCUT2D eigenvalue weighted by Gasteiger charge is -2.17. The van der Waals surface area contributed by atoms with Gasteiger partial charge in [-0.25, -0.2) is 0 Å². The van der Waals surface area contributed by atoms with Crippen LogP contribution in [0.15, 0.2) is 10.5 Å². The lowest BCUT2D eigenvalue weighted by atomic mass is 9.98. The first-order valence-corrected chi connectivity index (χ1v) is 5.49. The van der Waals surface area contributed by atoms with Gasteiger partial charge < -0.3 is 14.9 Å². The summed E-state index contributed by atoms with van der Waals surface area (Å²) in [6.07, 6.45) is 0. The molecule has 0 saturated carbocycles. The highest BCUT2D eigenvalue weighted by Gasteiger charge is 2.19. The molecule has 0 amide bonds. The molecular weight excluding hydrogens is 260 g/mol. The van der Waals surface area contributed by atoms with Crippen LogP contribution in [-0.4, -0.2) is 23.9 Å². The smallest absolute Gasteiger partial charge is 0.162 e. The lowest BCUT2D eigenvalue weighted by molar-refractivity contribution is 0.268. The van der Waals surface area contributed by atoms with Crippen LogP contribution < -0.4 is 4.74 Å². The number of benzene rings is 1. The van der Waals surface area contributed by atoms with Gasteiger partial charge in [-0.1, -0.05) is 22.9 Å². The number of ether oxygens (including phenoxy) is 1. The van der Waals surface area contributed by atoms with Gasteiger partial charge in [-0.05, 0) is 18.6 Å². The van der Waals surface area contributed by atoms with E-state index in [9.17, 15) is 5.11 Å². The predicted octanol–water partition coefficient (Wildman–Crippen LogP) is 2.57. The van der Waals surface area contributed by atoms with Gasteiger partial charge in [0.05, 0.1) is 7.11 Å². The molecule has 0 heterocycles. The van der Waals surface area contributed by atoms with Crippen molar-refractivity contribution in [3.8, 4) is 11.5 Å². The van der Waals surface area contributed by atoms with Crippen LogP contribution in [0.4, 0.5) is 0 Å². The molecule has 1 unspecified atom stereocenters. The number of aliphatic hydroxyl groups is 1. The molecule has 4 heteroatoms. The number of aryl methyl sites for hydroxylation is 1. The Hall–Kier alpha value is -0.740. The van der Waals surface area contributed by atoms with Crippen LogP contribution in [-0.2, 0) is 0 Å². The highest BCUT2D eigenvalue weighted by Crippen LogP contribution is 2.41. The van der Waals surface area contributed by atoms with Crippen molar-refractivity contribution in [2.24, 2.45) is 0 Å². The van der Waals surface area contributed by atoms with Gasteiger partial charge in [-0.3, -0.25) is 0 Å². The molecule has 3 nitrogen and oxygen atoms in total. The predicted molar refractivity (Wildman–Crippen MR) is 62.6 cm³/mol. The summed E-state index contributed by atoms with van der Waals surface area (Å²) in [5, 5.41) is 19.0. The van der Waals surface area contributed by atoms with Crippen LogP contribution in [0, 0.1) is 6.92 Å². The topological polar surface area (TPSA) is 49.7 Å². The second-order valence-electron chi connectivity index (χ2n) is 3.56. The number of rotatable bonds is 3. The Morgan fingerprint density at radius 3 is 2.60 bits per heavy atom. The zero-order valence-electron chi connectivity index (χ0n) is 9.04. The van der Waals surface area contributed by atoms with Crippen molar-refractivity contribution in [2.75, 3.05) is 13.7 Å². The van der Waals surface area contributed by atoms with Gasteiger partial charge in [0, 0.05) is 22.6 Å². The van der Waals surface area contributed by atoms with Gasteiger partial charge in [0.25, 0.3) is 0 Å². The number of halogens is 1. The van der Waals surface area contributed by atoms with Gasteiger partial charge >= 0.3 is 0 Å². The quantitative estimate of drug-likeness (QED) is 0.891. The SMILES string of the molecule is COc1cc(C)c(Br)c(C(C)CO)c1O. The molecule has 0 radical (unpaired) electrons. The fourth-order valence-electron chi connectivity index (χ4n) is 1.47. The van der Waals surface area contributed by atoms with Crippen LogP contribution in [0.25, 0.3) is 0 Å². The minimum atomic E-state index is -0.131. The first-order chi connectivity index (χ1) is 7.02. The molecule has 1 rings (SSSR count). The Balaban J connectivity index is 3.40. The Morgan fingerprint density at radius 2 is 2.13 bits per heavy atom. The zero-order chi connectivity index (χ0) is 11.6. The molecule has 0 aliphatic heterocycles. The number of aliphatic hydroxyl groups excluding tert-OH is 1. The molecule has 0 saturated heterocycles. The van der Waals surface area contributed by atoms with Crippen molar-refractivity contribution in [1.82, 2.24) is 0 Å². The molecule has 84 valence electrons. The normalized spacial score (nSPS) is 12.6. The van der Waals surface area contributed by atoms with Crippen molar-refractivity contribution in [3.05, 3.63) is 21.7 Å². The summed E-state index contributed by atoms with van der Waals surface area (Å²) in [7, 11) is 1.51. The van der Waals surface area contributed by atoms with Crippen molar-refractivity contribution >= 4 is 15.9 Å². The molecule has 0 aliphatic carbocycles. The fourth-order valence-corrected chi connectivity index (χ4v) is 2.17. The van der Waals surface area contributed by atoms with Crippen LogP contribution in [0.5, 0.6) is 11.5 Å². The van der Waals surface area contributed by atoms with E-state index in [-0.39, 0.29) is 18.3 Å². The van der Waals surface area contributed by atoms with E-state index in [1.807, 2.05) is 13.8 Å². The molecule has 0 bridgehead atoms. The molecule has 2 N–H and O–H groups in total. The first kappa shape index (κ1) is 12.3. The zero-order valence-corrected chi connectivity index (χ0v) is 10.6. The standard InChI is InChI=1S/C11H15BrO3/c1-6-4-8(15-3)11(14)9(10(6)12)7(2)5-13/h4,7,13-14H,5H2,1-3H3. The lowest BCUT2D eigenvalue weighted by Crippen LogP contribution is -2.02. The van der Waals surface area contributed by atoms with E-state index >= 15 is 0 Å². The maximum atomic E-state index is 9.93. The summed E-state index contributed by atoms with van der Waals surface area (Å²) in [4.78, 5) is 0. The van der Waals surface area contributed by atoms with E-state index < -0.39 is 0 Å². The summed E-state index contributed by atoms with van der Waals surface area (Å²) in [6.45, 7) is 3.75. The molecular formula is C11H15BrO3. The number of aromatic hydroxyl groups is 1. The second-order valence-corrected chi connectivity index (χ2v) is 4.35. The molecule has 1 aromatic carbocycles. The maximum absolute atomic E-state index is 9.93. The van der Waals surface area contributed by atoms with Crippen LogP contribution in [0.2, 0.25) is 0 Å². The van der Waals surface area contributed by atoms with E-state index in [0.29, 0.717) is 11.3 Å². The number of methoxy groups -OCH3 is 1. The number of hydrogen-bond acceptors (Lipinski definition) is 3. The van der Waals surface area contributed by atoms with Gasteiger partial charge in [0.1, 0.15) is 0 Å². The van der Waals surface area contributed by atoms with E-state index in [0.717, 1.165) is 10.0 Å². The molecule has 1 atom stereocenters. The molecule has 1 aromatic rings. The van der Waals surface area contributed by atoms with Gasteiger partial charge in [-0.2, -0.15) is 0 Å². The number of phenols is 1. The Kier molecular flexibility index (Phi) is 3.99. The van der Waals surface area contributed by atoms with E-state index in [1.54, 1.807) is 6.07 Å². The minimum absolute atomic E-state index is 0.0151. The fraction of sp³-hybridized carbons (Fsp3) is 0.455. The highest BCUT2D eigenvalue weighted by atomic mass is 79.9. The number of hydrogen-bond donors (Lipinski definition) is 2. The van der Waals surface area contributed by atoms with Crippen molar-refractivity contribution in [2.45, 2.75) is 19.8 Å². The Labute approximate surface area is 97.8 Å². The summed E-state index contributed by atoms with van der Waals surface area (Å²) < 4.78 is 5.89. The summed E-state index contributed by atoms with van der Waals surface area (Å²) in [6, 6.07) is 1.76. The van der Waals surface area contributed by atoms with Gasteiger partial charge in [0.2, 0.25) is 0 Å². The molecule has 0 fully saturated rings. The van der Waals surface area contributed by atoms with Gasteiger partial charge in [0.15, 0.2) is 11.5 Å². The summed E-state index contributed by atoms with van der Waals surface area (Å²) in [5.41, 5.74) is 1.66. The van der Waals surface area contributed by atoms with Crippen molar-refractivity contribution in [3.63, 3.8) is 0 Å².